The van der Waals surface area contributed by atoms with Gasteiger partial charge >= 0.3 is 29.2 Å². The minimum Gasteiger partial charge on any atom is -0.478 e. The van der Waals surface area contributed by atoms with Crippen molar-refractivity contribution in [1.82, 2.24) is 19.5 Å². The maximum Gasteiger partial charge on any atom is 0.488 e. The molecule has 22 heteroatoms. The highest BCUT2D eigenvalue weighted by atomic mass is 31.3. The highest BCUT2D eigenvalue weighted by Crippen LogP contribution is 2.66. The standard InChI is InChI=1S/C10H14N5O14P3/c11-10-13-6-5(7(17)14-10)12-3-15(6)8(9(18)19)27-4(1-16)2-30(20,21)28-32(25,26)29-31(22,23)24/h1,3-4,8H,2H2,(H,18,19)(H,20,21)(H,25,26)(H2,22,23,24)(H3,11,13,14,17)/t4-,8-/m1/s1. The van der Waals surface area contributed by atoms with E-state index >= 15 is 0 Å². The molecule has 2 rings (SSSR count). The third kappa shape index (κ3) is 6.85. The van der Waals surface area contributed by atoms with Crippen molar-refractivity contribution in [3.63, 3.8) is 0 Å². The quantitative estimate of drug-likeness (QED) is 0.128. The number of carboxylic acid groups (broad SMARTS) is 1. The van der Waals surface area contributed by atoms with Crippen LogP contribution in [0.4, 0.5) is 5.95 Å². The first-order valence-electron chi connectivity index (χ1n) is 7.72. The maximum absolute atomic E-state index is 12.0. The van der Waals surface area contributed by atoms with E-state index in [1.807, 2.05) is 0 Å². The first kappa shape index (κ1) is 26.0. The molecule has 8 N–H and O–H groups in total. The zero-order chi connectivity index (χ0) is 24.5. The van der Waals surface area contributed by atoms with E-state index in [-0.39, 0.29) is 17.5 Å². The van der Waals surface area contributed by atoms with Crippen LogP contribution in [0.5, 0.6) is 0 Å². The molecule has 4 atom stereocenters. The SMILES string of the molecule is Nc1nc2c(ncn2[C@H](O[C@H](C=O)CP(=O)(O)OP(=O)(O)OP(=O)(O)O)C(=O)O)c(=O)[nH]1. The fourth-order valence-corrected chi connectivity index (χ4v) is 5.86. The molecule has 0 spiro atoms. The van der Waals surface area contributed by atoms with Crippen molar-refractivity contribution in [2.24, 2.45) is 0 Å². The summed E-state index contributed by atoms with van der Waals surface area (Å²) in [6.07, 6.45) is -5.09. The third-order valence-corrected chi connectivity index (χ3v) is 7.56. The number of nitrogen functional groups attached to an aromatic ring is 1. The van der Waals surface area contributed by atoms with Gasteiger partial charge in [-0.2, -0.15) is 9.29 Å². The lowest BCUT2D eigenvalue weighted by Gasteiger charge is -2.22. The molecule has 0 saturated carbocycles. The van der Waals surface area contributed by atoms with Crippen LogP contribution in [-0.2, 0) is 36.6 Å². The molecule has 0 aromatic carbocycles. The van der Waals surface area contributed by atoms with Gasteiger partial charge in [0.1, 0.15) is 12.4 Å². The van der Waals surface area contributed by atoms with Crippen molar-refractivity contribution in [1.29, 1.82) is 0 Å². The van der Waals surface area contributed by atoms with Crippen molar-refractivity contribution in [2.75, 3.05) is 11.9 Å². The summed E-state index contributed by atoms with van der Waals surface area (Å²) in [5, 5.41) is 9.41. The van der Waals surface area contributed by atoms with Gasteiger partial charge in [-0.05, 0) is 0 Å². The predicted octanol–water partition coefficient (Wildman–Crippen LogP) is -1.72. The molecule has 0 radical (unpaired) electrons. The molecule has 0 amide bonds. The average Bonchev–Trinajstić information content (AvgIpc) is 2.98. The second-order valence-electron chi connectivity index (χ2n) is 5.72. The number of aromatic nitrogens is 4. The minimum atomic E-state index is -5.79. The zero-order valence-corrected chi connectivity index (χ0v) is 17.9. The van der Waals surface area contributed by atoms with Gasteiger partial charge in [-0.25, -0.2) is 23.2 Å². The lowest BCUT2D eigenvalue weighted by atomic mass is 10.4. The highest BCUT2D eigenvalue weighted by molar-refractivity contribution is 7.68. The molecule has 0 saturated heterocycles. The number of nitrogens with one attached hydrogen (secondary N) is 1. The number of hydrogen-bond donors (Lipinski definition) is 7. The number of carbonyl (C=O) groups is 2. The number of rotatable bonds is 11. The lowest BCUT2D eigenvalue weighted by Crippen LogP contribution is -2.30. The number of H-pyrrole nitrogens is 1. The summed E-state index contributed by atoms with van der Waals surface area (Å²) in [5.74, 6) is -2.21. The fourth-order valence-electron chi connectivity index (χ4n) is 2.21. The van der Waals surface area contributed by atoms with E-state index in [0.29, 0.717) is 4.57 Å². The number of nitrogens with two attached hydrogens (primary N) is 1. The summed E-state index contributed by atoms with van der Waals surface area (Å²) in [6, 6.07) is 0. The Labute approximate surface area is 175 Å². The molecule has 2 aromatic rings. The van der Waals surface area contributed by atoms with E-state index in [2.05, 4.69) is 23.6 Å². The normalized spacial score (nSPS) is 17.9. The van der Waals surface area contributed by atoms with Crippen molar-refractivity contribution in [3.05, 3.63) is 16.7 Å². The van der Waals surface area contributed by atoms with Gasteiger partial charge in [0.2, 0.25) is 12.2 Å². The Morgan fingerprint density at radius 1 is 1.25 bits per heavy atom. The highest BCUT2D eigenvalue weighted by Gasteiger charge is 2.41. The monoisotopic (exact) mass is 521 g/mol. The smallest absolute Gasteiger partial charge is 0.478 e. The van der Waals surface area contributed by atoms with Crippen molar-refractivity contribution in [3.8, 4) is 0 Å². The average molecular weight is 521 g/mol. The number of nitrogens with zero attached hydrogens (tertiary/aromatic N) is 3. The Hall–Kier alpha value is -2.30. The summed E-state index contributed by atoms with van der Waals surface area (Å²) in [7, 11) is -16.8. The third-order valence-electron chi connectivity index (χ3n) is 3.22. The number of aromatic amines is 1. The predicted molar refractivity (Wildman–Crippen MR) is 98.9 cm³/mol. The molecule has 19 nitrogen and oxygen atoms in total. The van der Waals surface area contributed by atoms with Crippen LogP contribution in [0.1, 0.15) is 6.23 Å². The van der Waals surface area contributed by atoms with Gasteiger partial charge < -0.3 is 39.9 Å². The van der Waals surface area contributed by atoms with Crippen molar-refractivity contribution < 1.29 is 61.3 Å². The summed E-state index contributed by atoms with van der Waals surface area (Å²) < 4.78 is 46.8. The lowest BCUT2D eigenvalue weighted by molar-refractivity contribution is -0.162. The minimum absolute atomic E-state index is 0.165. The topological polar surface area (TPSA) is 304 Å². The number of carboxylic acids is 1. The molecular formula is C10H14N5O14P3. The largest absolute Gasteiger partial charge is 0.488 e. The molecule has 0 bridgehead atoms. The summed E-state index contributed by atoms with van der Waals surface area (Å²) >= 11 is 0. The molecular weight excluding hydrogens is 507 g/mol. The number of hydrogen-bond acceptors (Lipinski definition) is 12. The molecule has 0 aliphatic carbocycles. The van der Waals surface area contributed by atoms with Gasteiger partial charge in [0.05, 0.1) is 12.5 Å². The number of phosphoric acid groups is 2. The Bertz CT molecular complexity index is 1230. The van der Waals surface area contributed by atoms with Crippen LogP contribution < -0.4 is 11.3 Å². The van der Waals surface area contributed by atoms with E-state index in [1.54, 1.807) is 0 Å². The fraction of sp³-hybridized carbons (Fsp3) is 0.300. The van der Waals surface area contributed by atoms with Crippen LogP contribution in [0, 0.1) is 0 Å². The maximum atomic E-state index is 12.0. The van der Waals surface area contributed by atoms with Gasteiger partial charge in [-0.1, -0.05) is 0 Å². The van der Waals surface area contributed by atoms with Crippen LogP contribution in [0.25, 0.3) is 11.2 Å². The first-order chi connectivity index (χ1) is 14.5. The Morgan fingerprint density at radius 2 is 1.88 bits per heavy atom. The van der Waals surface area contributed by atoms with E-state index in [1.165, 1.54) is 0 Å². The van der Waals surface area contributed by atoms with Gasteiger partial charge in [0.15, 0.2) is 11.2 Å². The van der Waals surface area contributed by atoms with Gasteiger partial charge in [0, 0.05) is 0 Å². The van der Waals surface area contributed by atoms with Crippen molar-refractivity contribution in [2.45, 2.75) is 12.3 Å². The van der Waals surface area contributed by atoms with Crippen LogP contribution in [0.15, 0.2) is 11.1 Å². The Kier molecular flexibility index (Phi) is 7.53. The number of aldehydes is 1. The number of carbonyl (C=O) groups excluding carboxylic acids is 1. The second kappa shape index (κ2) is 9.29. The summed E-state index contributed by atoms with van der Waals surface area (Å²) in [6.45, 7) is 0. The molecule has 0 aliphatic heterocycles. The van der Waals surface area contributed by atoms with Crippen LogP contribution in [0.2, 0.25) is 0 Å². The molecule has 0 fully saturated rings. The van der Waals surface area contributed by atoms with Crippen LogP contribution in [-0.4, -0.2) is 68.7 Å². The molecule has 2 aromatic heterocycles. The summed E-state index contributed by atoms with van der Waals surface area (Å²) in [4.78, 5) is 79.9. The van der Waals surface area contributed by atoms with Gasteiger partial charge in [0.25, 0.3) is 5.56 Å². The molecule has 2 heterocycles. The number of anilines is 1. The van der Waals surface area contributed by atoms with E-state index in [0.717, 1.165) is 6.33 Å². The number of fused-ring (bicyclic) bond motifs is 1. The van der Waals surface area contributed by atoms with Crippen molar-refractivity contribution >= 4 is 52.6 Å². The number of ether oxygens (including phenoxy) is 1. The Morgan fingerprint density at radius 3 is 2.41 bits per heavy atom. The van der Waals surface area contributed by atoms with E-state index in [9.17, 15) is 38.1 Å². The molecule has 0 aliphatic rings. The van der Waals surface area contributed by atoms with E-state index in [4.69, 9.17) is 25.2 Å². The number of aliphatic carboxylic acids is 1. The van der Waals surface area contributed by atoms with Gasteiger partial charge in [-0.15, -0.1) is 0 Å². The van der Waals surface area contributed by atoms with Crippen LogP contribution >= 0.6 is 23.2 Å². The molecule has 32 heavy (non-hydrogen) atoms. The zero-order valence-electron chi connectivity index (χ0n) is 15.2. The van der Waals surface area contributed by atoms with Gasteiger partial charge in [-0.3, -0.25) is 18.9 Å². The molecule has 2 unspecified atom stereocenters. The second-order valence-corrected chi connectivity index (χ2v) is 10.6. The molecule has 178 valence electrons. The van der Waals surface area contributed by atoms with E-state index < -0.39 is 59.2 Å². The first-order valence-corrected chi connectivity index (χ1v) is 12.5. The number of imidazole rings is 1. The van der Waals surface area contributed by atoms with Crippen LogP contribution in [0.3, 0.4) is 0 Å². The summed E-state index contributed by atoms with van der Waals surface area (Å²) in [5.41, 5.74) is 3.81. The Balaban J connectivity index is 2.29.